The van der Waals surface area contributed by atoms with Gasteiger partial charge in [0, 0.05) is 10.7 Å². The van der Waals surface area contributed by atoms with Crippen molar-refractivity contribution in [2.24, 2.45) is 0 Å². The molecule has 0 bridgehead atoms. The summed E-state index contributed by atoms with van der Waals surface area (Å²) in [7, 11) is 0. The highest BCUT2D eigenvalue weighted by Gasteiger charge is 2.02. The molecule has 5 heteroatoms. The quantitative estimate of drug-likeness (QED) is 0.685. The molecule has 4 nitrogen and oxygen atoms in total. The number of benzene rings is 1. The molecule has 0 aromatic heterocycles. The zero-order valence-electron chi connectivity index (χ0n) is 6.62. The van der Waals surface area contributed by atoms with Crippen LogP contribution in [0.4, 0.5) is 10.5 Å². The first-order valence-corrected chi connectivity index (χ1v) is 3.90. The fourth-order valence-corrected chi connectivity index (χ4v) is 1.12. The van der Waals surface area contributed by atoms with Crippen molar-refractivity contribution in [2.75, 3.05) is 5.32 Å². The Morgan fingerprint density at radius 2 is 2.23 bits per heavy atom. The van der Waals surface area contributed by atoms with Crippen LogP contribution in [0.15, 0.2) is 18.2 Å². The maximum Gasteiger partial charge on any atom is 0.409 e. The number of hydrogen-bond donors (Lipinski definition) is 3. The van der Waals surface area contributed by atoms with Crippen molar-refractivity contribution in [3.8, 4) is 0 Å². The largest absolute Gasteiger partial charge is 0.465 e. The Morgan fingerprint density at radius 3 is 2.69 bits per heavy atom. The second-order valence-corrected chi connectivity index (χ2v) is 2.80. The molecular weight excluding hydrogens is 194 g/mol. The highest BCUT2D eigenvalue weighted by molar-refractivity contribution is 6.31. The summed E-state index contributed by atoms with van der Waals surface area (Å²) >= 11 is 5.72. The molecule has 0 aliphatic carbocycles. The Labute approximate surface area is 79.8 Å². The number of carbonyl (C=O) groups is 1. The van der Waals surface area contributed by atoms with Crippen LogP contribution in [0.2, 0.25) is 5.02 Å². The maximum atomic E-state index is 10.2. The number of anilines is 1. The number of halogens is 1. The number of rotatable bonds is 2. The summed E-state index contributed by atoms with van der Waals surface area (Å²) < 4.78 is 0. The van der Waals surface area contributed by atoms with Crippen LogP contribution in [0.3, 0.4) is 0 Å². The lowest BCUT2D eigenvalue weighted by molar-refractivity contribution is 0.210. The molecule has 0 atom stereocenters. The zero-order valence-corrected chi connectivity index (χ0v) is 7.38. The molecule has 3 N–H and O–H groups in total. The minimum Gasteiger partial charge on any atom is -0.465 e. The van der Waals surface area contributed by atoms with E-state index in [2.05, 4.69) is 5.32 Å². The van der Waals surface area contributed by atoms with E-state index >= 15 is 0 Å². The minimum atomic E-state index is -1.15. The van der Waals surface area contributed by atoms with E-state index < -0.39 is 6.09 Å². The molecule has 0 radical (unpaired) electrons. The van der Waals surface area contributed by atoms with Gasteiger partial charge in [-0.25, -0.2) is 4.79 Å². The number of aliphatic hydroxyl groups is 1. The van der Waals surface area contributed by atoms with Crippen molar-refractivity contribution in [1.82, 2.24) is 0 Å². The third-order valence-corrected chi connectivity index (χ3v) is 1.83. The number of hydrogen-bond acceptors (Lipinski definition) is 2. The molecule has 1 rings (SSSR count). The lowest BCUT2D eigenvalue weighted by Gasteiger charge is -2.03. The Kier molecular flexibility index (Phi) is 3.11. The highest BCUT2D eigenvalue weighted by atomic mass is 35.5. The van der Waals surface area contributed by atoms with Crippen LogP contribution in [0.5, 0.6) is 0 Å². The third-order valence-electron chi connectivity index (χ3n) is 1.47. The molecule has 70 valence electrons. The van der Waals surface area contributed by atoms with Crippen molar-refractivity contribution in [3.63, 3.8) is 0 Å². The summed E-state index contributed by atoms with van der Waals surface area (Å²) in [5.74, 6) is 0. The average molecular weight is 202 g/mol. The standard InChI is InChI=1S/C8H8ClNO3/c9-7-3-6(10-8(12)13)2-1-5(7)4-11/h1-3,10-11H,4H2,(H,12,13). The lowest BCUT2D eigenvalue weighted by atomic mass is 10.2. The molecule has 13 heavy (non-hydrogen) atoms. The molecule has 1 aromatic carbocycles. The minimum absolute atomic E-state index is 0.161. The van der Waals surface area contributed by atoms with Gasteiger partial charge in [0.25, 0.3) is 0 Å². The summed E-state index contributed by atoms with van der Waals surface area (Å²) in [5.41, 5.74) is 0.951. The van der Waals surface area contributed by atoms with Gasteiger partial charge in [-0.05, 0) is 17.7 Å². The molecule has 0 saturated heterocycles. The fourth-order valence-electron chi connectivity index (χ4n) is 0.877. The predicted molar refractivity (Wildman–Crippen MR) is 49.0 cm³/mol. The van der Waals surface area contributed by atoms with Crippen LogP contribution in [0, 0.1) is 0 Å². The molecule has 0 spiro atoms. The second kappa shape index (κ2) is 4.11. The first-order chi connectivity index (χ1) is 6.13. The van der Waals surface area contributed by atoms with Gasteiger partial charge in [0.2, 0.25) is 0 Å². The van der Waals surface area contributed by atoms with Gasteiger partial charge in [-0.3, -0.25) is 5.32 Å². The van der Waals surface area contributed by atoms with E-state index in [0.717, 1.165) is 0 Å². The van der Waals surface area contributed by atoms with Crippen molar-refractivity contribution in [2.45, 2.75) is 6.61 Å². The monoisotopic (exact) mass is 201 g/mol. The maximum absolute atomic E-state index is 10.2. The third kappa shape index (κ3) is 2.61. The van der Waals surface area contributed by atoms with E-state index in [-0.39, 0.29) is 6.61 Å². The topological polar surface area (TPSA) is 69.6 Å². The van der Waals surface area contributed by atoms with Crippen molar-refractivity contribution in [3.05, 3.63) is 28.8 Å². The van der Waals surface area contributed by atoms with Crippen LogP contribution < -0.4 is 5.32 Å². The molecule has 0 aliphatic heterocycles. The average Bonchev–Trinajstić information content (AvgIpc) is 2.03. The zero-order chi connectivity index (χ0) is 9.84. The molecule has 0 saturated carbocycles. The number of aliphatic hydroxyl groups excluding tert-OH is 1. The molecular formula is C8H8ClNO3. The Bertz CT molecular complexity index is 327. The van der Waals surface area contributed by atoms with Crippen LogP contribution >= 0.6 is 11.6 Å². The summed E-state index contributed by atoms with van der Waals surface area (Å²) in [6.07, 6.45) is -1.15. The van der Waals surface area contributed by atoms with Gasteiger partial charge in [-0.1, -0.05) is 17.7 Å². The van der Waals surface area contributed by atoms with E-state index in [1.165, 1.54) is 12.1 Å². The van der Waals surface area contributed by atoms with Gasteiger partial charge >= 0.3 is 6.09 Å². The number of nitrogens with one attached hydrogen (secondary N) is 1. The van der Waals surface area contributed by atoms with Crippen LogP contribution in [-0.4, -0.2) is 16.3 Å². The fraction of sp³-hybridized carbons (Fsp3) is 0.125. The molecule has 0 fully saturated rings. The van der Waals surface area contributed by atoms with Crippen LogP contribution in [0.1, 0.15) is 5.56 Å². The SMILES string of the molecule is O=C(O)Nc1ccc(CO)c(Cl)c1. The predicted octanol–water partition coefficient (Wildman–Crippen LogP) is 1.92. The normalized spacial score (nSPS) is 9.69. The summed E-state index contributed by atoms with van der Waals surface area (Å²) in [5, 5.41) is 19.6. The van der Waals surface area contributed by atoms with Gasteiger partial charge in [0.1, 0.15) is 0 Å². The second-order valence-electron chi connectivity index (χ2n) is 2.39. The van der Waals surface area contributed by atoms with Crippen molar-refractivity contribution in [1.29, 1.82) is 0 Å². The van der Waals surface area contributed by atoms with E-state index in [1.807, 2.05) is 0 Å². The molecule has 0 heterocycles. The first-order valence-electron chi connectivity index (χ1n) is 3.52. The van der Waals surface area contributed by atoms with E-state index in [0.29, 0.717) is 16.3 Å². The molecule has 1 aromatic rings. The van der Waals surface area contributed by atoms with Crippen molar-refractivity contribution >= 4 is 23.4 Å². The van der Waals surface area contributed by atoms with Gasteiger partial charge in [-0.2, -0.15) is 0 Å². The number of carboxylic acid groups (broad SMARTS) is 1. The molecule has 0 unspecified atom stereocenters. The smallest absolute Gasteiger partial charge is 0.409 e. The number of amides is 1. The lowest BCUT2D eigenvalue weighted by Crippen LogP contribution is -2.07. The Morgan fingerprint density at radius 1 is 1.54 bits per heavy atom. The van der Waals surface area contributed by atoms with E-state index in [9.17, 15) is 4.79 Å². The Balaban J connectivity index is 2.89. The molecule has 1 amide bonds. The van der Waals surface area contributed by atoms with Crippen LogP contribution in [0.25, 0.3) is 0 Å². The first kappa shape index (κ1) is 9.83. The summed E-state index contributed by atoms with van der Waals surface area (Å²) in [6.45, 7) is -0.161. The van der Waals surface area contributed by atoms with Gasteiger partial charge < -0.3 is 10.2 Å². The molecule has 0 aliphatic rings. The van der Waals surface area contributed by atoms with Gasteiger partial charge in [-0.15, -0.1) is 0 Å². The van der Waals surface area contributed by atoms with Crippen molar-refractivity contribution < 1.29 is 15.0 Å². The van der Waals surface area contributed by atoms with Gasteiger partial charge in [0.15, 0.2) is 0 Å². The van der Waals surface area contributed by atoms with E-state index in [1.54, 1.807) is 6.07 Å². The summed E-state index contributed by atoms with van der Waals surface area (Å²) in [6, 6.07) is 4.54. The summed E-state index contributed by atoms with van der Waals surface area (Å²) in [4.78, 5) is 10.2. The van der Waals surface area contributed by atoms with Crippen LogP contribution in [-0.2, 0) is 6.61 Å². The highest BCUT2D eigenvalue weighted by Crippen LogP contribution is 2.20. The Hall–Kier alpha value is -1.26. The van der Waals surface area contributed by atoms with E-state index in [4.69, 9.17) is 21.8 Å². The van der Waals surface area contributed by atoms with Gasteiger partial charge in [0.05, 0.1) is 6.61 Å².